The van der Waals surface area contributed by atoms with Gasteiger partial charge in [0.1, 0.15) is 0 Å². The van der Waals surface area contributed by atoms with E-state index in [0.29, 0.717) is 18.8 Å². The zero-order valence-electron chi connectivity index (χ0n) is 16.2. The van der Waals surface area contributed by atoms with Crippen LogP contribution in [0, 0.1) is 5.92 Å². The molecule has 0 spiro atoms. The standard InChI is InChI=1S/C23H26N2O3/c1-16(24-22(26)17-5-3-2-4-6-17)19-7-8-21-20(15-19)9-12-25(21)23(27)18-10-13-28-14-11-18/h2-8,15-16,18H,9-14H2,1H3,(H,24,26). The molecular formula is C23H26N2O3. The van der Waals surface area contributed by atoms with Crippen molar-refractivity contribution >= 4 is 17.5 Å². The maximum atomic E-state index is 12.9. The Bertz CT molecular complexity index is 859. The van der Waals surface area contributed by atoms with Crippen molar-refractivity contribution < 1.29 is 14.3 Å². The molecule has 28 heavy (non-hydrogen) atoms. The lowest BCUT2D eigenvalue weighted by atomic mass is 9.98. The summed E-state index contributed by atoms with van der Waals surface area (Å²) < 4.78 is 5.38. The highest BCUT2D eigenvalue weighted by Gasteiger charge is 2.31. The maximum absolute atomic E-state index is 12.9. The summed E-state index contributed by atoms with van der Waals surface area (Å²) in [6.45, 7) is 4.07. The number of anilines is 1. The van der Waals surface area contributed by atoms with Gasteiger partial charge in [0, 0.05) is 36.9 Å². The Morgan fingerprint density at radius 1 is 1.11 bits per heavy atom. The van der Waals surface area contributed by atoms with Gasteiger partial charge in [-0.1, -0.05) is 30.3 Å². The van der Waals surface area contributed by atoms with E-state index in [2.05, 4.69) is 11.4 Å². The molecule has 1 unspecified atom stereocenters. The predicted molar refractivity (Wildman–Crippen MR) is 108 cm³/mol. The summed E-state index contributed by atoms with van der Waals surface area (Å²) in [6, 6.07) is 15.3. The Kier molecular flexibility index (Phi) is 5.44. The van der Waals surface area contributed by atoms with Gasteiger partial charge in [0.15, 0.2) is 0 Å². The summed E-state index contributed by atoms with van der Waals surface area (Å²) in [4.78, 5) is 27.2. The molecule has 1 N–H and O–H groups in total. The zero-order chi connectivity index (χ0) is 19.5. The average molecular weight is 378 g/mol. The largest absolute Gasteiger partial charge is 0.381 e. The van der Waals surface area contributed by atoms with Crippen LogP contribution in [0.3, 0.4) is 0 Å². The van der Waals surface area contributed by atoms with Crippen LogP contribution in [0.2, 0.25) is 0 Å². The highest BCUT2D eigenvalue weighted by atomic mass is 16.5. The van der Waals surface area contributed by atoms with Crippen LogP contribution in [-0.2, 0) is 16.0 Å². The van der Waals surface area contributed by atoms with E-state index >= 15 is 0 Å². The van der Waals surface area contributed by atoms with E-state index in [1.54, 1.807) is 0 Å². The van der Waals surface area contributed by atoms with Gasteiger partial charge in [0.05, 0.1) is 6.04 Å². The van der Waals surface area contributed by atoms with Gasteiger partial charge < -0.3 is 15.0 Å². The van der Waals surface area contributed by atoms with E-state index in [4.69, 9.17) is 4.74 Å². The molecule has 1 saturated heterocycles. The Hall–Kier alpha value is -2.66. The van der Waals surface area contributed by atoms with Crippen molar-refractivity contribution in [2.45, 2.75) is 32.2 Å². The van der Waals surface area contributed by atoms with Crippen LogP contribution in [0.5, 0.6) is 0 Å². The first kappa shape index (κ1) is 18.7. The number of ether oxygens (including phenoxy) is 1. The topological polar surface area (TPSA) is 58.6 Å². The normalized spacial score (nSPS) is 17.8. The van der Waals surface area contributed by atoms with Gasteiger partial charge in [0.2, 0.25) is 5.91 Å². The highest BCUT2D eigenvalue weighted by molar-refractivity contribution is 5.97. The molecule has 2 aromatic rings. The highest BCUT2D eigenvalue weighted by Crippen LogP contribution is 2.33. The first-order valence-corrected chi connectivity index (χ1v) is 10.0. The Labute approximate surface area is 165 Å². The van der Waals surface area contributed by atoms with E-state index in [-0.39, 0.29) is 23.8 Å². The van der Waals surface area contributed by atoms with Gasteiger partial charge in [-0.25, -0.2) is 0 Å². The van der Waals surface area contributed by atoms with Crippen LogP contribution in [0.15, 0.2) is 48.5 Å². The Balaban J connectivity index is 1.45. The Morgan fingerprint density at radius 3 is 2.61 bits per heavy atom. The van der Waals surface area contributed by atoms with E-state index in [1.165, 1.54) is 5.56 Å². The number of nitrogens with one attached hydrogen (secondary N) is 1. The second kappa shape index (κ2) is 8.15. The van der Waals surface area contributed by atoms with Crippen molar-refractivity contribution in [2.24, 2.45) is 5.92 Å². The number of carbonyl (C=O) groups is 2. The molecule has 146 valence electrons. The molecule has 0 aromatic heterocycles. The van der Waals surface area contributed by atoms with Gasteiger partial charge >= 0.3 is 0 Å². The number of nitrogens with zero attached hydrogens (tertiary/aromatic N) is 1. The Morgan fingerprint density at radius 2 is 1.86 bits per heavy atom. The van der Waals surface area contributed by atoms with Gasteiger partial charge in [-0.15, -0.1) is 0 Å². The molecule has 0 radical (unpaired) electrons. The predicted octanol–water partition coefficient (Wildman–Crippen LogP) is 3.49. The molecule has 2 aliphatic heterocycles. The first-order valence-electron chi connectivity index (χ1n) is 10.0. The van der Waals surface area contributed by atoms with Crippen molar-refractivity contribution in [3.63, 3.8) is 0 Å². The van der Waals surface area contributed by atoms with Crippen LogP contribution in [0.25, 0.3) is 0 Å². The third-order valence-corrected chi connectivity index (χ3v) is 5.72. The van der Waals surface area contributed by atoms with Gasteiger partial charge in [-0.05, 0) is 55.5 Å². The number of benzene rings is 2. The third-order valence-electron chi connectivity index (χ3n) is 5.72. The van der Waals surface area contributed by atoms with Crippen molar-refractivity contribution in [1.82, 2.24) is 5.32 Å². The number of fused-ring (bicyclic) bond motifs is 1. The second-order valence-electron chi connectivity index (χ2n) is 7.58. The van der Waals surface area contributed by atoms with Crippen LogP contribution in [0.4, 0.5) is 5.69 Å². The van der Waals surface area contributed by atoms with Gasteiger partial charge in [-0.2, -0.15) is 0 Å². The fourth-order valence-corrected chi connectivity index (χ4v) is 4.04. The fraction of sp³-hybridized carbons (Fsp3) is 0.391. The SMILES string of the molecule is CC(NC(=O)c1ccccc1)c1ccc2c(c1)CCN2C(=O)C1CCOCC1. The molecule has 2 aromatic carbocycles. The molecule has 4 rings (SSSR count). The number of carbonyl (C=O) groups excluding carboxylic acids is 2. The average Bonchev–Trinajstić information content (AvgIpc) is 3.17. The van der Waals surface area contributed by atoms with Crippen LogP contribution < -0.4 is 10.2 Å². The monoisotopic (exact) mass is 378 g/mol. The number of hydrogen-bond acceptors (Lipinski definition) is 3. The minimum absolute atomic E-state index is 0.0726. The quantitative estimate of drug-likeness (QED) is 0.886. The molecule has 0 saturated carbocycles. The van der Waals surface area contributed by atoms with Crippen LogP contribution in [-0.4, -0.2) is 31.6 Å². The molecular weight excluding hydrogens is 352 g/mol. The first-order chi connectivity index (χ1) is 13.6. The van der Waals surface area contributed by atoms with E-state index in [1.807, 2.05) is 54.3 Å². The minimum atomic E-state index is -0.0988. The summed E-state index contributed by atoms with van der Waals surface area (Å²) in [6.07, 6.45) is 2.48. The van der Waals surface area contributed by atoms with Gasteiger partial charge in [-0.3, -0.25) is 9.59 Å². The van der Waals surface area contributed by atoms with Crippen molar-refractivity contribution in [2.75, 3.05) is 24.7 Å². The molecule has 0 aliphatic carbocycles. The van der Waals surface area contributed by atoms with Crippen molar-refractivity contribution in [3.8, 4) is 0 Å². The summed E-state index contributed by atoms with van der Waals surface area (Å²) in [5.41, 5.74) is 3.91. The number of hydrogen-bond donors (Lipinski definition) is 1. The molecule has 5 heteroatoms. The smallest absolute Gasteiger partial charge is 0.251 e. The van der Waals surface area contributed by atoms with E-state index in [9.17, 15) is 9.59 Å². The lowest BCUT2D eigenvalue weighted by molar-refractivity contribution is -0.125. The molecule has 2 aliphatic rings. The summed E-state index contributed by atoms with van der Waals surface area (Å²) >= 11 is 0. The van der Waals surface area contributed by atoms with Crippen LogP contribution in [0.1, 0.15) is 47.3 Å². The fourth-order valence-electron chi connectivity index (χ4n) is 4.04. The zero-order valence-corrected chi connectivity index (χ0v) is 16.2. The molecule has 1 fully saturated rings. The van der Waals surface area contributed by atoms with Crippen LogP contribution >= 0.6 is 0 Å². The maximum Gasteiger partial charge on any atom is 0.251 e. The van der Waals surface area contributed by atoms with Gasteiger partial charge in [0.25, 0.3) is 5.91 Å². The second-order valence-corrected chi connectivity index (χ2v) is 7.58. The lowest BCUT2D eigenvalue weighted by Crippen LogP contribution is -2.37. The summed E-state index contributed by atoms with van der Waals surface area (Å²) in [7, 11) is 0. The number of amides is 2. The molecule has 2 heterocycles. The summed E-state index contributed by atoms with van der Waals surface area (Å²) in [5, 5.41) is 3.06. The molecule has 0 bridgehead atoms. The number of rotatable bonds is 4. The third kappa shape index (κ3) is 3.80. The molecule has 5 nitrogen and oxygen atoms in total. The summed E-state index contributed by atoms with van der Waals surface area (Å²) in [5.74, 6) is 0.216. The van der Waals surface area contributed by atoms with E-state index in [0.717, 1.165) is 37.1 Å². The molecule has 2 amide bonds. The van der Waals surface area contributed by atoms with Crippen molar-refractivity contribution in [1.29, 1.82) is 0 Å². The minimum Gasteiger partial charge on any atom is -0.381 e. The molecule has 1 atom stereocenters. The van der Waals surface area contributed by atoms with E-state index < -0.39 is 0 Å². The van der Waals surface area contributed by atoms with Crippen molar-refractivity contribution in [3.05, 3.63) is 65.2 Å². The lowest BCUT2D eigenvalue weighted by Gasteiger charge is -2.27.